The quantitative estimate of drug-likeness (QED) is 0.527. The smallest absolute Gasteiger partial charge is 0.315 e. The Labute approximate surface area is 135 Å². The summed E-state index contributed by atoms with van der Waals surface area (Å²) < 4.78 is 14.2. The number of hydrogen-bond acceptors (Lipinski definition) is 6. The Bertz CT molecular complexity index is 540. The predicted molar refractivity (Wildman–Crippen MR) is 81.7 cm³/mol. The SMILES string of the molecule is COC(=O)CCN(Cc1ccc(OC)cc1)C(=O)CC(=O)OC. The zero-order valence-electron chi connectivity index (χ0n) is 13.5. The number of nitrogens with zero attached hydrogens (tertiary/aromatic N) is 1. The van der Waals surface area contributed by atoms with E-state index in [0.717, 1.165) is 5.56 Å². The van der Waals surface area contributed by atoms with Crippen molar-refractivity contribution in [1.29, 1.82) is 0 Å². The van der Waals surface area contributed by atoms with Crippen LogP contribution in [0, 0.1) is 0 Å². The number of hydrogen-bond donors (Lipinski definition) is 0. The van der Waals surface area contributed by atoms with E-state index < -0.39 is 17.8 Å². The van der Waals surface area contributed by atoms with Crippen molar-refractivity contribution in [2.45, 2.75) is 19.4 Å². The largest absolute Gasteiger partial charge is 0.497 e. The Morgan fingerprint density at radius 2 is 1.57 bits per heavy atom. The number of carbonyl (C=O) groups excluding carboxylic acids is 3. The molecule has 7 heteroatoms. The van der Waals surface area contributed by atoms with Crippen LogP contribution in [0.15, 0.2) is 24.3 Å². The number of rotatable bonds is 8. The van der Waals surface area contributed by atoms with Gasteiger partial charge in [-0.2, -0.15) is 0 Å². The summed E-state index contributed by atoms with van der Waals surface area (Å²) in [5.41, 5.74) is 0.855. The van der Waals surface area contributed by atoms with Gasteiger partial charge in [0.25, 0.3) is 0 Å². The second kappa shape index (κ2) is 9.45. The van der Waals surface area contributed by atoms with Gasteiger partial charge >= 0.3 is 11.9 Å². The maximum Gasteiger partial charge on any atom is 0.315 e. The molecule has 0 atom stereocenters. The van der Waals surface area contributed by atoms with Gasteiger partial charge in [-0.25, -0.2) is 0 Å². The summed E-state index contributed by atoms with van der Waals surface area (Å²) >= 11 is 0. The van der Waals surface area contributed by atoms with Gasteiger partial charge < -0.3 is 19.1 Å². The van der Waals surface area contributed by atoms with E-state index in [1.54, 1.807) is 19.2 Å². The molecule has 0 aromatic heterocycles. The summed E-state index contributed by atoms with van der Waals surface area (Å²) in [4.78, 5) is 36.2. The molecule has 126 valence electrons. The van der Waals surface area contributed by atoms with Crippen LogP contribution in [0.3, 0.4) is 0 Å². The van der Waals surface area contributed by atoms with E-state index >= 15 is 0 Å². The monoisotopic (exact) mass is 323 g/mol. The summed E-state index contributed by atoms with van der Waals surface area (Å²) in [5, 5.41) is 0. The van der Waals surface area contributed by atoms with Gasteiger partial charge in [0.15, 0.2) is 0 Å². The number of amides is 1. The molecule has 0 saturated carbocycles. The normalized spacial score (nSPS) is 9.87. The van der Waals surface area contributed by atoms with Crippen LogP contribution < -0.4 is 4.74 Å². The first-order valence-corrected chi connectivity index (χ1v) is 7.04. The molecule has 1 amide bonds. The van der Waals surface area contributed by atoms with Gasteiger partial charge in [-0.05, 0) is 17.7 Å². The van der Waals surface area contributed by atoms with Crippen LogP contribution >= 0.6 is 0 Å². The third kappa shape index (κ3) is 6.37. The Morgan fingerprint density at radius 1 is 0.957 bits per heavy atom. The number of esters is 2. The number of ether oxygens (including phenoxy) is 3. The molecule has 0 aliphatic heterocycles. The van der Waals surface area contributed by atoms with Crippen molar-refractivity contribution in [2.24, 2.45) is 0 Å². The molecule has 0 heterocycles. The minimum absolute atomic E-state index is 0.0551. The molecule has 0 unspecified atom stereocenters. The van der Waals surface area contributed by atoms with Crippen LogP contribution in [0.25, 0.3) is 0 Å². The van der Waals surface area contributed by atoms with Crippen molar-refractivity contribution in [2.75, 3.05) is 27.9 Å². The molecule has 0 bridgehead atoms. The summed E-state index contributed by atoms with van der Waals surface area (Å²) in [6.07, 6.45) is -0.312. The standard InChI is InChI=1S/C16H21NO6/c1-21-13-6-4-12(5-7-13)11-17(9-8-15(19)22-2)14(18)10-16(20)23-3/h4-7H,8-11H2,1-3H3. The fourth-order valence-corrected chi connectivity index (χ4v) is 1.88. The fourth-order valence-electron chi connectivity index (χ4n) is 1.88. The van der Waals surface area contributed by atoms with Gasteiger partial charge in [-0.15, -0.1) is 0 Å². The van der Waals surface area contributed by atoms with E-state index in [0.29, 0.717) is 5.75 Å². The van der Waals surface area contributed by atoms with Gasteiger partial charge in [0, 0.05) is 13.1 Å². The summed E-state index contributed by atoms with van der Waals surface area (Å²) in [6, 6.07) is 7.18. The topological polar surface area (TPSA) is 82.1 Å². The first-order valence-electron chi connectivity index (χ1n) is 7.04. The molecule has 0 saturated heterocycles. The first-order chi connectivity index (χ1) is 11.0. The van der Waals surface area contributed by atoms with Gasteiger partial charge in [-0.1, -0.05) is 12.1 Å². The van der Waals surface area contributed by atoms with Gasteiger partial charge in [-0.3, -0.25) is 14.4 Å². The molecule has 0 radical (unpaired) electrons. The zero-order valence-corrected chi connectivity index (χ0v) is 13.5. The van der Waals surface area contributed by atoms with Crippen molar-refractivity contribution in [3.63, 3.8) is 0 Å². The summed E-state index contributed by atoms with van der Waals surface area (Å²) in [6.45, 7) is 0.436. The van der Waals surface area contributed by atoms with Gasteiger partial charge in [0.2, 0.25) is 5.91 Å². The third-order valence-electron chi connectivity index (χ3n) is 3.22. The van der Waals surface area contributed by atoms with Crippen LogP contribution in [0.2, 0.25) is 0 Å². The minimum atomic E-state index is -0.618. The molecule has 7 nitrogen and oxygen atoms in total. The average molecular weight is 323 g/mol. The fraction of sp³-hybridized carbons (Fsp3) is 0.438. The molecule has 0 spiro atoms. The van der Waals surface area contributed by atoms with E-state index in [2.05, 4.69) is 9.47 Å². The van der Waals surface area contributed by atoms with Crippen LogP contribution in [-0.2, 0) is 30.4 Å². The maximum absolute atomic E-state index is 12.2. The highest BCUT2D eigenvalue weighted by atomic mass is 16.5. The summed E-state index contributed by atoms with van der Waals surface area (Å²) in [5.74, 6) is -0.740. The molecule has 0 aliphatic carbocycles. The zero-order chi connectivity index (χ0) is 17.2. The lowest BCUT2D eigenvalue weighted by atomic mass is 10.2. The molecule has 23 heavy (non-hydrogen) atoms. The maximum atomic E-state index is 12.2. The van der Waals surface area contributed by atoms with E-state index in [1.165, 1.54) is 19.1 Å². The van der Waals surface area contributed by atoms with Crippen molar-refractivity contribution >= 4 is 17.8 Å². The number of methoxy groups -OCH3 is 3. The second-order valence-electron chi connectivity index (χ2n) is 4.74. The van der Waals surface area contributed by atoms with Crippen LogP contribution in [-0.4, -0.2) is 50.6 Å². The Morgan fingerprint density at radius 3 is 2.09 bits per heavy atom. The Hall–Kier alpha value is -2.57. The third-order valence-corrected chi connectivity index (χ3v) is 3.22. The predicted octanol–water partition coefficient (Wildman–Crippen LogP) is 1.15. The highest BCUT2D eigenvalue weighted by molar-refractivity contribution is 5.94. The van der Waals surface area contributed by atoms with E-state index in [4.69, 9.17) is 4.74 Å². The highest BCUT2D eigenvalue weighted by Crippen LogP contribution is 2.14. The number of carbonyl (C=O) groups is 3. The molecule has 0 aliphatic rings. The van der Waals surface area contributed by atoms with Crippen molar-refractivity contribution in [3.05, 3.63) is 29.8 Å². The number of benzene rings is 1. The van der Waals surface area contributed by atoms with Crippen molar-refractivity contribution in [1.82, 2.24) is 4.90 Å². The van der Waals surface area contributed by atoms with E-state index in [9.17, 15) is 14.4 Å². The molecular formula is C16H21NO6. The van der Waals surface area contributed by atoms with Gasteiger partial charge in [0.1, 0.15) is 12.2 Å². The van der Waals surface area contributed by atoms with Crippen LogP contribution in [0.5, 0.6) is 5.75 Å². The second-order valence-corrected chi connectivity index (χ2v) is 4.74. The molecule has 1 aromatic rings. The molecule has 1 aromatic carbocycles. The van der Waals surface area contributed by atoms with Crippen LogP contribution in [0.1, 0.15) is 18.4 Å². The van der Waals surface area contributed by atoms with Crippen molar-refractivity contribution < 1.29 is 28.6 Å². The average Bonchev–Trinajstić information content (AvgIpc) is 2.58. The lowest BCUT2D eigenvalue weighted by Crippen LogP contribution is -2.34. The minimum Gasteiger partial charge on any atom is -0.497 e. The van der Waals surface area contributed by atoms with E-state index in [1.807, 2.05) is 12.1 Å². The van der Waals surface area contributed by atoms with Gasteiger partial charge in [0.05, 0.1) is 27.8 Å². The lowest BCUT2D eigenvalue weighted by molar-refractivity contribution is -0.147. The highest BCUT2D eigenvalue weighted by Gasteiger charge is 2.19. The Balaban J connectivity index is 2.77. The molecule has 0 N–H and O–H groups in total. The molecule has 0 fully saturated rings. The Kier molecular flexibility index (Phi) is 7.59. The summed E-state index contributed by atoms with van der Waals surface area (Å²) in [7, 11) is 4.07. The lowest BCUT2D eigenvalue weighted by Gasteiger charge is -2.22. The molecule has 1 rings (SSSR count). The first kappa shape index (κ1) is 18.5. The molecular weight excluding hydrogens is 302 g/mol. The van der Waals surface area contributed by atoms with Crippen molar-refractivity contribution in [3.8, 4) is 5.75 Å². The van der Waals surface area contributed by atoms with Crippen LogP contribution in [0.4, 0.5) is 0 Å². The van der Waals surface area contributed by atoms with E-state index in [-0.39, 0.29) is 25.9 Å².